The van der Waals surface area contributed by atoms with Crippen molar-refractivity contribution in [1.82, 2.24) is 0 Å². The molecule has 0 aliphatic rings. The number of carbonyl (C=O) groups is 1. The summed E-state index contributed by atoms with van der Waals surface area (Å²) < 4.78 is 36.3. The molecule has 1 aromatic rings. The average molecular weight is 189 g/mol. The predicted molar refractivity (Wildman–Crippen MR) is 41.2 cm³/mol. The number of rotatable bonds is 1. The fourth-order valence-corrected chi connectivity index (χ4v) is 0.913. The quantitative estimate of drug-likeness (QED) is 0.543. The largest absolute Gasteiger partial charge is 0.418 e. The number of carbonyl (C=O) groups excluding carboxylic acids is 1. The standard InChI is InChI=1S/C8H6F3NO/c9-8(10,11)6-2-1-5(4-13)3-7(6)12/h1-4H,12H2. The lowest BCUT2D eigenvalue weighted by Gasteiger charge is -2.09. The Hall–Kier alpha value is -1.52. The SMILES string of the molecule is Nc1cc(C=O)ccc1C(F)(F)F. The molecule has 2 N–H and O–H groups in total. The summed E-state index contributed by atoms with van der Waals surface area (Å²) in [5.41, 5.74) is 3.88. The van der Waals surface area contributed by atoms with Crippen LogP contribution in [0, 0.1) is 0 Å². The van der Waals surface area contributed by atoms with Crippen LogP contribution in [0.5, 0.6) is 0 Å². The molecule has 0 saturated heterocycles. The van der Waals surface area contributed by atoms with Crippen molar-refractivity contribution in [3.05, 3.63) is 29.3 Å². The van der Waals surface area contributed by atoms with Crippen LogP contribution in [0.4, 0.5) is 18.9 Å². The Balaban J connectivity index is 3.20. The fourth-order valence-electron chi connectivity index (χ4n) is 0.913. The summed E-state index contributed by atoms with van der Waals surface area (Å²) in [7, 11) is 0. The van der Waals surface area contributed by atoms with E-state index in [0.717, 1.165) is 18.2 Å². The molecule has 0 fully saturated rings. The maximum absolute atomic E-state index is 12.1. The second kappa shape index (κ2) is 3.08. The van der Waals surface area contributed by atoms with Crippen molar-refractivity contribution >= 4 is 12.0 Å². The second-order valence-electron chi connectivity index (χ2n) is 2.46. The average Bonchev–Trinajstić information content (AvgIpc) is 2.01. The maximum Gasteiger partial charge on any atom is 0.418 e. The monoisotopic (exact) mass is 189 g/mol. The van der Waals surface area contributed by atoms with Gasteiger partial charge in [-0.05, 0) is 12.1 Å². The molecule has 0 radical (unpaired) electrons. The summed E-state index contributed by atoms with van der Waals surface area (Å²) in [6.07, 6.45) is -4.03. The van der Waals surface area contributed by atoms with E-state index in [1.54, 1.807) is 0 Å². The van der Waals surface area contributed by atoms with E-state index in [2.05, 4.69) is 0 Å². The third-order valence-corrected chi connectivity index (χ3v) is 1.52. The van der Waals surface area contributed by atoms with Crippen molar-refractivity contribution in [2.45, 2.75) is 6.18 Å². The van der Waals surface area contributed by atoms with E-state index in [-0.39, 0.29) is 5.56 Å². The molecule has 0 atom stereocenters. The van der Waals surface area contributed by atoms with Crippen LogP contribution in [0.15, 0.2) is 18.2 Å². The molecule has 0 saturated carbocycles. The maximum atomic E-state index is 12.1. The van der Waals surface area contributed by atoms with Gasteiger partial charge in [0.15, 0.2) is 0 Å². The van der Waals surface area contributed by atoms with Crippen molar-refractivity contribution in [3.8, 4) is 0 Å². The molecule has 0 aliphatic heterocycles. The first-order valence-corrected chi connectivity index (χ1v) is 3.37. The Bertz CT molecular complexity index is 333. The van der Waals surface area contributed by atoms with Crippen molar-refractivity contribution in [1.29, 1.82) is 0 Å². The molecule has 1 rings (SSSR count). The van der Waals surface area contributed by atoms with E-state index in [4.69, 9.17) is 5.73 Å². The molecule has 70 valence electrons. The fraction of sp³-hybridized carbons (Fsp3) is 0.125. The summed E-state index contributed by atoms with van der Waals surface area (Å²) in [5, 5.41) is 0. The van der Waals surface area contributed by atoms with E-state index >= 15 is 0 Å². The van der Waals surface area contributed by atoms with Crippen molar-refractivity contribution in [2.24, 2.45) is 0 Å². The van der Waals surface area contributed by atoms with Gasteiger partial charge in [-0.2, -0.15) is 13.2 Å². The predicted octanol–water partition coefficient (Wildman–Crippen LogP) is 2.10. The lowest BCUT2D eigenvalue weighted by molar-refractivity contribution is -0.136. The Kier molecular flexibility index (Phi) is 2.27. The van der Waals surface area contributed by atoms with Gasteiger partial charge in [0.2, 0.25) is 0 Å². The zero-order valence-corrected chi connectivity index (χ0v) is 6.43. The van der Waals surface area contributed by atoms with E-state index in [0.29, 0.717) is 6.29 Å². The van der Waals surface area contributed by atoms with E-state index in [1.165, 1.54) is 0 Å². The molecule has 2 nitrogen and oxygen atoms in total. The van der Waals surface area contributed by atoms with Crippen molar-refractivity contribution in [3.63, 3.8) is 0 Å². The smallest absolute Gasteiger partial charge is 0.398 e. The number of aldehydes is 1. The van der Waals surface area contributed by atoms with Crippen LogP contribution in [0.3, 0.4) is 0 Å². The van der Waals surface area contributed by atoms with Crippen LogP contribution in [0.2, 0.25) is 0 Å². The van der Waals surface area contributed by atoms with Crippen LogP contribution in [-0.4, -0.2) is 6.29 Å². The van der Waals surface area contributed by atoms with E-state index < -0.39 is 17.4 Å². The zero-order chi connectivity index (χ0) is 10.1. The number of anilines is 1. The molecular formula is C8H6F3NO. The molecule has 0 amide bonds. The molecule has 0 bridgehead atoms. The normalized spacial score (nSPS) is 11.3. The van der Waals surface area contributed by atoms with Crippen LogP contribution < -0.4 is 5.73 Å². The summed E-state index contributed by atoms with van der Waals surface area (Å²) >= 11 is 0. The number of benzene rings is 1. The topological polar surface area (TPSA) is 43.1 Å². The van der Waals surface area contributed by atoms with Crippen LogP contribution in [0.1, 0.15) is 15.9 Å². The number of alkyl halides is 3. The first kappa shape index (κ1) is 9.57. The molecular weight excluding hydrogens is 183 g/mol. The van der Waals surface area contributed by atoms with Crippen molar-refractivity contribution in [2.75, 3.05) is 5.73 Å². The Labute approximate surface area is 72.2 Å². The highest BCUT2D eigenvalue weighted by atomic mass is 19.4. The van der Waals surface area contributed by atoms with Gasteiger partial charge in [-0.3, -0.25) is 4.79 Å². The first-order chi connectivity index (χ1) is 5.95. The Morgan fingerprint density at radius 1 is 1.31 bits per heavy atom. The molecule has 0 unspecified atom stereocenters. The zero-order valence-electron chi connectivity index (χ0n) is 6.43. The minimum atomic E-state index is -4.47. The molecule has 0 heterocycles. The van der Waals surface area contributed by atoms with Gasteiger partial charge < -0.3 is 5.73 Å². The van der Waals surface area contributed by atoms with Gasteiger partial charge in [-0.15, -0.1) is 0 Å². The van der Waals surface area contributed by atoms with Gasteiger partial charge in [0.1, 0.15) is 6.29 Å². The van der Waals surface area contributed by atoms with Gasteiger partial charge in [-0.1, -0.05) is 6.07 Å². The molecule has 1 aromatic carbocycles. The van der Waals surface area contributed by atoms with Crippen molar-refractivity contribution < 1.29 is 18.0 Å². The number of nitrogen functional groups attached to an aromatic ring is 1. The number of hydrogen-bond donors (Lipinski definition) is 1. The summed E-state index contributed by atoms with van der Waals surface area (Å²) in [6.45, 7) is 0. The van der Waals surface area contributed by atoms with Gasteiger partial charge >= 0.3 is 6.18 Å². The highest BCUT2D eigenvalue weighted by molar-refractivity contribution is 5.77. The van der Waals surface area contributed by atoms with Gasteiger partial charge in [-0.25, -0.2) is 0 Å². The van der Waals surface area contributed by atoms with Gasteiger partial charge in [0.05, 0.1) is 5.56 Å². The van der Waals surface area contributed by atoms with E-state index in [1.807, 2.05) is 0 Å². The third-order valence-electron chi connectivity index (χ3n) is 1.52. The van der Waals surface area contributed by atoms with Gasteiger partial charge in [0, 0.05) is 11.3 Å². The lowest BCUT2D eigenvalue weighted by atomic mass is 10.1. The second-order valence-corrected chi connectivity index (χ2v) is 2.46. The molecule has 0 aliphatic carbocycles. The molecule has 0 spiro atoms. The van der Waals surface area contributed by atoms with Crippen LogP contribution >= 0.6 is 0 Å². The molecule has 0 aromatic heterocycles. The Morgan fingerprint density at radius 3 is 2.31 bits per heavy atom. The molecule has 13 heavy (non-hydrogen) atoms. The molecule has 5 heteroatoms. The van der Waals surface area contributed by atoms with Crippen LogP contribution in [-0.2, 0) is 6.18 Å². The number of nitrogens with two attached hydrogens (primary N) is 1. The Morgan fingerprint density at radius 2 is 1.92 bits per heavy atom. The third kappa shape index (κ3) is 1.99. The van der Waals surface area contributed by atoms with Gasteiger partial charge in [0.25, 0.3) is 0 Å². The summed E-state index contributed by atoms with van der Waals surface area (Å²) in [5.74, 6) is 0. The highest BCUT2D eigenvalue weighted by Gasteiger charge is 2.32. The lowest BCUT2D eigenvalue weighted by Crippen LogP contribution is -2.08. The van der Waals surface area contributed by atoms with E-state index in [9.17, 15) is 18.0 Å². The van der Waals surface area contributed by atoms with Crippen LogP contribution in [0.25, 0.3) is 0 Å². The summed E-state index contributed by atoms with van der Waals surface area (Å²) in [6, 6.07) is 2.86. The summed E-state index contributed by atoms with van der Waals surface area (Å²) in [4.78, 5) is 10.2. The number of hydrogen-bond acceptors (Lipinski definition) is 2. The first-order valence-electron chi connectivity index (χ1n) is 3.37. The highest BCUT2D eigenvalue weighted by Crippen LogP contribution is 2.33. The minimum absolute atomic E-state index is 0.130. The number of halogens is 3. The minimum Gasteiger partial charge on any atom is -0.398 e.